The molecule has 2 heteroatoms. The Labute approximate surface area is 81.3 Å². The highest BCUT2D eigenvalue weighted by Crippen LogP contribution is 2.39. The van der Waals surface area contributed by atoms with Crippen molar-refractivity contribution in [2.24, 2.45) is 5.92 Å². The molecule has 1 N–H and O–H groups in total. The summed E-state index contributed by atoms with van der Waals surface area (Å²) in [6.45, 7) is 4.42. The number of hydrogen-bond acceptors (Lipinski definition) is 2. The van der Waals surface area contributed by atoms with Crippen LogP contribution in [0.5, 0.6) is 0 Å². The molecule has 0 aromatic carbocycles. The number of methoxy groups -OCH3 is 1. The molecule has 0 bridgehead atoms. The molecule has 0 amide bonds. The highest BCUT2D eigenvalue weighted by Gasteiger charge is 2.43. The fraction of sp³-hybridized carbons (Fsp3) is 1.00. The zero-order valence-electron chi connectivity index (χ0n) is 9.05. The van der Waals surface area contributed by atoms with Gasteiger partial charge in [0.05, 0.1) is 11.7 Å². The molecule has 0 radical (unpaired) electrons. The van der Waals surface area contributed by atoms with Gasteiger partial charge >= 0.3 is 0 Å². The van der Waals surface area contributed by atoms with Crippen molar-refractivity contribution in [2.75, 3.05) is 7.11 Å². The maximum atomic E-state index is 10.0. The van der Waals surface area contributed by atoms with E-state index in [4.69, 9.17) is 4.74 Å². The maximum Gasteiger partial charge on any atom is 0.0699 e. The van der Waals surface area contributed by atoms with Crippen molar-refractivity contribution in [3.63, 3.8) is 0 Å². The number of rotatable bonds is 5. The van der Waals surface area contributed by atoms with Crippen molar-refractivity contribution in [3.05, 3.63) is 0 Å². The van der Waals surface area contributed by atoms with E-state index in [1.807, 2.05) is 0 Å². The van der Waals surface area contributed by atoms with E-state index in [0.29, 0.717) is 12.0 Å². The Morgan fingerprint density at radius 2 is 2.15 bits per heavy atom. The average Bonchev–Trinajstić information content (AvgIpc) is 2.00. The molecule has 1 unspecified atom stereocenters. The van der Waals surface area contributed by atoms with Gasteiger partial charge in [-0.2, -0.15) is 0 Å². The molecule has 0 spiro atoms. The van der Waals surface area contributed by atoms with Gasteiger partial charge in [0.15, 0.2) is 0 Å². The Morgan fingerprint density at radius 3 is 2.62 bits per heavy atom. The second kappa shape index (κ2) is 4.43. The summed E-state index contributed by atoms with van der Waals surface area (Å²) in [6, 6.07) is 0. The van der Waals surface area contributed by atoms with Gasteiger partial charge in [-0.05, 0) is 12.3 Å². The van der Waals surface area contributed by atoms with E-state index >= 15 is 0 Å². The SMILES string of the molecule is CCCC(C)CC1(O)CC(OC)C1. The van der Waals surface area contributed by atoms with E-state index < -0.39 is 5.60 Å². The van der Waals surface area contributed by atoms with Crippen molar-refractivity contribution in [1.82, 2.24) is 0 Å². The van der Waals surface area contributed by atoms with Gasteiger partial charge in [-0.15, -0.1) is 0 Å². The van der Waals surface area contributed by atoms with Crippen LogP contribution in [-0.2, 0) is 4.74 Å². The molecule has 1 atom stereocenters. The first-order chi connectivity index (χ1) is 6.09. The maximum absolute atomic E-state index is 10.0. The second-order valence-corrected chi connectivity index (χ2v) is 4.59. The predicted octanol–water partition coefficient (Wildman–Crippen LogP) is 2.35. The largest absolute Gasteiger partial charge is 0.390 e. The third kappa shape index (κ3) is 2.96. The van der Waals surface area contributed by atoms with E-state index in [2.05, 4.69) is 13.8 Å². The first-order valence-corrected chi connectivity index (χ1v) is 5.35. The minimum Gasteiger partial charge on any atom is -0.390 e. The first-order valence-electron chi connectivity index (χ1n) is 5.35. The molecule has 1 fully saturated rings. The van der Waals surface area contributed by atoms with Gasteiger partial charge in [0, 0.05) is 20.0 Å². The summed E-state index contributed by atoms with van der Waals surface area (Å²) in [5.41, 5.74) is -0.407. The third-order valence-electron chi connectivity index (χ3n) is 3.06. The van der Waals surface area contributed by atoms with E-state index in [-0.39, 0.29) is 0 Å². The summed E-state index contributed by atoms with van der Waals surface area (Å²) in [4.78, 5) is 0. The highest BCUT2D eigenvalue weighted by atomic mass is 16.5. The van der Waals surface area contributed by atoms with E-state index in [1.165, 1.54) is 12.8 Å². The van der Waals surface area contributed by atoms with Crippen LogP contribution < -0.4 is 0 Å². The summed E-state index contributed by atoms with van der Waals surface area (Å²) >= 11 is 0. The summed E-state index contributed by atoms with van der Waals surface area (Å²) in [5, 5.41) is 10.0. The minimum absolute atomic E-state index is 0.304. The Morgan fingerprint density at radius 1 is 1.54 bits per heavy atom. The van der Waals surface area contributed by atoms with Crippen LogP contribution in [0.4, 0.5) is 0 Å². The molecule has 1 rings (SSSR count). The van der Waals surface area contributed by atoms with Crippen LogP contribution in [0.1, 0.15) is 46.0 Å². The first kappa shape index (κ1) is 11.0. The number of ether oxygens (including phenoxy) is 1. The molecular formula is C11H22O2. The Kier molecular flexibility index (Phi) is 3.74. The van der Waals surface area contributed by atoms with Crippen molar-refractivity contribution < 1.29 is 9.84 Å². The lowest BCUT2D eigenvalue weighted by atomic mass is 9.72. The lowest BCUT2D eigenvalue weighted by molar-refractivity contribution is -0.137. The topological polar surface area (TPSA) is 29.5 Å². The van der Waals surface area contributed by atoms with Gasteiger partial charge in [-0.1, -0.05) is 26.7 Å². The molecule has 1 saturated carbocycles. The third-order valence-corrected chi connectivity index (χ3v) is 3.06. The second-order valence-electron chi connectivity index (χ2n) is 4.59. The molecule has 0 aromatic heterocycles. The van der Waals surface area contributed by atoms with Crippen LogP contribution in [0, 0.1) is 5.92 Å². The fourth-order valence-electron chi connectivity index (χ4n) is 2.36. The van der Waals surface area contributed by atoms with E-state index in [1.54, 1.807) is 7.11 Å². The van der Waals surface area contributed by atoms with Crippen molar-refractivity contribution in [1.29, 1.82) is 0 Å². The van der Waals surface area contributed by atoms with Crippen LogP contribution in [0.3, 0.4) is 0 Å². The van der Waals surface area contributed by atoms with Gasteiger partial charge in [0.1, 0.15) is 0 Å². The van der Waals surface area contributed by atoms with E-state index in [0.717, 1.165) is 19.3 Å². The average molecular weight is 186 g/mol. The molecule has 1 aliphatic rings. The van der Waals surface area contributed by atoms with Crippen LogP contribution in [0.2, 0.25) is 0 Å². The standard InChI is InChI=1S/C11H22O2/c1-4-5-9(2)6-11(12)7-10(8-11)13-3/h9-10,12H,4-8H2,1-3H3. The summed E-state index contributed by atoms with van der Waals surface area (Å²) in [6.07, 6.45) is 5.35. The van der Waals surface area contributed by atoms with Crippen LogP contribution in [0.15, 0.2) is 0 Å². The summed E-state index contributed by atoms with van der Waals surface area (Å²) in [5.74, 6) is 0.646. The normalized spacial score (nSPS) is 35.5. The monoisotopic (exact) mass is 186 g/mol. The zero-order valence-corrected chi connectivity index (χ0v) is 9.05. The zero-order chi connectivity index (χ0) is 9.90. The number of aliphatic hydroxyl groups is 1. The van der Waals surface area contributed by atoms with Crippen molar-refractivity contribution >= 4 is 0 Å². The van der Waals surface area contributed by atoms with Gasteiger partial charge in [-0.3, -0.25) is 0 Å². The predicted molar refractivity (Wildman–Crippen MR) is 53.7 cm³/mol. The van der Waals surface area contributed by atoms with Gasteiger partial charge in [0.25, 0.3) is 0 Å². The van der Waals surface area contributed by atoms with Crippen LogP contribution >= 0.6 is 0 Å². The van der Waals surface area contributed by atoms with Crippen LogP contribution in [0.25, 0.3) is 0 Å². The van der Waals surface area contributed by atoms with Crippen molar-refractivity contribution in [3.8, 4) is 0 Å². The minimum atomic E-state index is -0.407. The molecule has 78 valence electrons. The summed E-state index contributed by atoms with van der Waals surface area (Å²) in [7, 11) is 1.72. The van der Waals surface area contributed by atoms with Crippen molar-refractivity contribution in [2.45, 2.75) is 57.7 Å². The molecule has 13 heavy (non-hydrogen) atoms. The van der Waals surface area contributed by atoms with Gasteiger partial charge in [0.2, 0.25) is 0 Å². The number of hydrogen-bond donors (Lipinski definition) is 1. The molecule has 0 aromatic rings. The fourth-order valence-corrected chi connectivity index (χ4v) is 2.36. The Balaban J connectivity index is 2.22. The molecule has 0 saturated heterocycles. The highest BCUT2D eigenvalue weighted by molar-refractivity contribution is 4.95. The summed E-state index contributed by atoms with van der Waals surface area (Å²) < 4.78 is 5.16. The van der Waals surface area contributed by atoms with Crippen LogP contribution in [-0.4, -0.2) is 23.9 Å². The molecule has 1 aliphatic carbocycles. The molecular weight excluding hydrogens is 164 g/mol. The lowest BCUT2D eigenvalue weighted by Gasteiger charge is -2.44. The Hall–Kier alpha value is -0.0800. The molecule has 0 heterocycles. The smallest absolute Gasteiger partial charge is 0.0699 e. The molecule has 2 nitrogen and oxygen atoms in total. The Bertz CT molecular complexity index is 150. The van der Waals surface area contributed by atoms with E-state index in [9.17, 15) is 5.11 Å². The van der Waals surface area contributed by atoms with Gasteiger partial charge < -0.3 is 9.84 Å². The quantitative estimate of drug-likeness (QED) is 0.714. The van der Waals surface area contributed by atoms with Gasteiger partial charge in [-0.25, -0.2) is 0 Å². The lowest BCUT2D eigenvalue weighted by Crippen LogP contribution is -2.48. The molecule has 0 aliphatic heterocycles.